The second kappa shape index (κ2) is 6.30. The van der Waals surface area contributed by atoms with Crippen molar-refractivity contribution in [1.82, 2.24) is 20.0 Å². The van der Waals surface area contributed by atoms with Crippen LogP contribution in [0.5, 0.6) is 0 Å². The Hall–Kier alpha value is -2.53. The van der Waals surface area contributed by atoms with Gasteiger partial charge in [-0.05, 0) is 44.4 Å². The van der Waals surface area contributed by atoms with Crippen LogP contribution in [0.2, 0.25) is 0 Å². The van der Waals surface area contributed by atoms with Gasteiger partial charge in [0.2, 0.25) is 11.6 Å². The molecular formula is C12H10BrFN6O3. The molecule has 0 aliphatic rings. The van der Waals surface area contributed by atoms with Crippen molar-refractivity contribution in [1.29, 1.82) is 0 Å². The zero-order valence-electron chi connectivity index (χ0n) is 13.3. The first kappa shape index (κ1) is 13.0. The van der Waals surface area contributed by atoms with Gasteiger partial charge in [0, 0.05) is 13.1 Å². The number of aromatic nitrogens is 4. The van der Waals surface area contributed by atoms with Crippen molar-refractivity contribution in [3.63, 3.8) is 0 Å². The average Bonchev–Trinajstić information content (AvgIpc) is 3.18. The summed E-state index contributed by atoms with van der Waals surface area (Å²) in [5.41, 5.74) is 5.19. The Morgan fingerprint density at radius 2 is 2.30 bits per heavy atom. The monoisotopic (exact) mass is 386 g/mol. The average molecular weight is 387 g/mol. The first-order chi connectivity index (χ1) is 12.0. The largest absolute Gasteiger partial charge is 0.446 e. The van der Waals surface area contributed by atoms with Crippen molar-refractivity contribution in [3.8, 4) is 17.2 Å². The molecule has 3 rings (SSSR count). The minimum absolute atomic E-state index is 0.0125. The molecule has 0 aliphatic carbocycles. The van der Waals surface area contributed by atoms with Crippen molar-refractivity contribution >= 4 is 21.7 Å². The van der Waals surface area contributed by atoms with Crippen LogP contribution >= 0.6 is 15.9 Å². The molecule has 2 heterocycles. The van der Waals surface area contributed by atoms with Crippen molar-refractivity contribution < 1.29 is 16.3 Å². The van der Waals surface area contributed by atoms with Crippen LogP contribution in [0.4, 0.5) is 10.2 Å². The fraction of sp³-hybridized carbons (Fsp3) is 0.167. The molecule has 3 aromatic rings. The van der Waals surface area contributed by atoms with E-state index >= 15 is 0 Å². The standard InChI is InChI=1S/C12H10BrFN6O3/c13-7-5-6(1-2-8(7)14)20-11(19-22-12(20)21)9-10(16-4-3-15)18-23-17-9/h1-2,5H,3-4,15H2,(H,16,18)/i1D,5D. The van der Waals surface area contributed by atoms with E-state index in [1.807, 2.05) is 0 Å². The van der Waals surface area contributed by atoms with Gasteiger partial charge in [-0.1, -0.05) is 5.16 Å². The maximum atomic E-state index is 13.7. The maximum absolute atomic E-state index is 13.7. The van der Waals surface area contributed by atoms with Crippen molar-refractivity contribution in [3.05, 3.63) is 39.0 Å². The van der Waals surface area contributed by atoms with Crippen LogP contribution in [0, 0.1) is 5.82 Å². The molecule has 0 bridgehead atoms. The van der Waals surface area contributed by atoms with Crippen molar-refractivity contribution in [2.75, 3.05) is 18.4 Å². The lowest BCUT2D eigenvalue weighted by Crippen LogP contribution is -2.16. The molecule has 2 aromatic heterocycles. The lowest BCUT2D eigenvalue weighted by molar-refractivity contribution is 0.309. The molecule has 0 fully saturated rings. The lowest BCUT2D eigenvalue weighted by Gasteiger charge is -2.05. The third-order valence-electron chi connectivity index (χ3n) is 2.74. The molecule has 0 amide bonds. The number of nitrogens with zero attached hydrogens (tertiary/aromatic N) is 4. The molecule has 0 atom stereocenters. The third-order valence-corrected chi connectivity index (χ3v) is 3.32. The predicted octanol–water partition coefficient (Wildman–Crippen LogP) is 1.15. The first-order valence-electron chi connectivity index (χ1n) is 7.26. The lowest BCUT2D eigenvalue weighted by atomic mass is 10.3. The molecule has 120 valence electrons. The minimum Gasteiger partial charge on any atom is -0.364 e. The SMILES string of the molecule is [2H]c1cc(F)c(Br)c([2H])c1-n1c(-c2nonc2NCCN)noc1=O. The van der Waals surface area contributed by atoms with Crippen LogP contribution in [0.3, 0.4) is 0 Å². The first-order valence-corrected chi connectivity index (χ1v) is 7.06. The van der Waals surface area contributed by atoms with E-state index in [1.165, 1.54) is 0 Å². The number of halogens is 2. The molecule has 1 aromatic carbocycles. The molecule has 23 heavy (non-hydrogen) atoms. The fourth-order valence-corrected chi connectivity index (χ4v) is 2.06. The second-order valence-electron chi connectivity index (χ2n) is 4.21. The van der Waals surface area contributed by atoms with Gasteiger partial charge in [-0.25, -0.2) is 18.4 Å². The van der Waals surface area contributed by atoms with E-state index in [-0.39, 0.29) is 27.5 Å². The van der Waals surface area contributed by atoms with Gasteiger partial charge in [-0.2, -0.15) is 0 Å². The van der Waals surface area contributed by atoms with Gasteiger partial charge in [0.05, 0.1) is 12.9 Å². The number of nitrogens with one attached hydrogen (secondary N) is 1. The summed E-state index contributed by atoms with van der Waals surface area (Å²) in [7, 11) is 0. The summed E-state index contributed by atoms with van der Waals surface area (Å²) in [4.78, 5) is 12.1. The summed E-state index contributed by atoms with van der Waals surface area (Å²) >= 11 is 2.91. The zero-order valence-corrected chi connectivity index (χ0v) is 12.9. The summed E-state index contributed by atoms with van der Waals surface area (Å²) in [6, 6.07) is 0.0182. The Morgan fingerprint density at radius 3 is 3.09 bits per heavy atom. The Balaban J connectivity index is 2.22. The third kappa shape index (κ3) is 2.87. The van der Waals surface area contributed by atoms with Crippen molar-refractivity contribution in [2.24, 2.45) is 5.73 Å². The number of anilines is 1. The van der Waals surface area contributed by atoms with Gasteiger partial charge >= 0.3 is 5.76 Å². The van der Waals surface area contributed by atoms with Crippen LogP contribution in [0.15, 0.2) is 36.6 Å². The highest BCUT2D eigenvalue weighted by Gasteiger charge is 2.22. The van der Waals surface area contributed by atoms with E-state index in [2.05, 4.69) is 45.9 Å². The number of hydrogen-bond acceptors (Lipinski definition) is 8. The second-order valence-corrected chi connectivity index (χ2v) is 5.00. The highest BCUT2D eigenvalue weighted by atomic mass is 79.9. The Kier molecular flexibility index (Phi) is 3.55. The summed E-state index contributed by atoms with van der Waals surface area (Å²) in [5.74, 6) is -1.81. The summed E-state index contributed by atoms with van der Waals surface area (Å²) in [6.07, 6.45) is 0. The van der Waals surface area contributed by atoms with Gasteiger partial charge in [0.1, 0.15) is 5.82 Å². The van der Waals surface area contributed by atoms with Gasteiger partial charge < -0.3 is 11.1 Å². The maximum Gasteiger partial charge on any atom is 0.446 e. The molecule has 0 aliphatic heterocycles. The van der Waals surface area contributed by atoms with Crippen molar-refractivity contribution in [2.45, 2.75) is 0 Å². The van der Waals surface area contributed by atoms with Gasteiger partial charge in [-0.3, -0.25) is 4.52 Å². The Morgan fingerprint density at radius 1 is 1.48 bits per heavy atom. The number of nitrogens with two attached hydrogens (primary N) is 1. The highest BCUT2D eigenvalue weighted by molar-refractivity contribution is 9.10. The molecular weight excluding hydrogens is 375 g/mol. The van der Waals surface area contributed by atoms with Crippen LogP contribution < -0.4 is 16.8 Å². The van der Waals surface area contributed by atoms with E-state index in [1.54, 1.807) is 0 Å². The van der Waals surface area contributed by atoms with Gasteiger partial charge in [-0.15, -0.1) is 0 Å². The van der Waals surface area contributed by atoms with Crippen LogP contribution in [0.25, 0.3) is 17.2 Å². The van der Waals surface area contributed by atoms with Crippen LogP contribution in [-0.2, 0) is 0 Å². The molecule has 0 saturated heterocycles. The molecule has 0 radical (unpaired) electrons. The number of hydrogen-bond donors (Lipinski definition) is 2. The predicted molar refractivity (Wildman–Crippen MR) is 80.6 cm³/mol. The Labute approximate surface area is 139 Å². The molecule has 0 spiro atoms. The summed E-state index contributed by atoms with van der Waals surface area (Å²) in [6.45, 7) is 0.648. The van der Waals surface area contributed by atoms with E-state index in [0.717, 1.165) is 10.6 Å². The molecule has 11 heteroatoms. The van der Waals surface area contributed by atoms with Crippen LogP contribution in [-0.4, -0.2) is 33.1 Å². The molecule has 3 N–H and O–H groups in total. The van der Waals surface area contributed by atoms with E-state index in [0.29, 0.717) is 13.1 Å². The van der Waals surface area contributed by atoms with E-state index < -0.39 is 23.7 Å². The van der Waals surface area contributed by atoms with Gasteiger partial charge in [0.15, 0.2) is 5.69 Å². The number of rotatable bonds is 5. The molecule has 0 saturated carbocycles. The Bertz CT molecular complexity index is 988. The van der Waals surface area contributed by atoms with E-state index in [9.17, 15) is 9.18 Å². The normalized spacial score (nSPS) is 12.1. The minimum atomic E-state index is -0.983. The topological polar surface area (TPSA) is 125 Å². The number of benzene rings is 1. The summed E-state index contributed by atoms with van der Waals surface area (Å²) in [5, 5.41) is 13.7. The zero-order chi connectivity index (χ0) is 18.1. The van der Waals surface area contributed by atoms with E-state index in [4.69, 9.17) is 8.48 Å². The summed E-state index contributed by atoms with van der Waals surface area (Å²) < 4.78 is 39.5. The van der Waals surface area contributed by atoms with Gasteiger partial charge in [0.25, 0.3) is 0 Å². The smallest absolute Gasteiger partial charge is 0.364 e. The van der Waals surface area contributed by atoms with Crippen LogP contribution in [0.1, 0.15) is 2.74 Å². The highest BCUT2D eigenvalue weighted by Crippen LogP contribution is 2.25. The molecule has 9 nitrogen and oxygen atoms in total. The fourth-order valence-electron chi connectivity index (χ4n) is 1.75. The molecule has 0 unspecified atom stereocenters. The quantitative estimate of drug-likeness (QED) is 0.668.